The Morgan fingerprint density at radius 3 is 2.57 bits per heavy atom. The maximum absolute atomic E-state index is 12.6. The third kappa shape index (κ3) is 4.59. The van der Waals surface area contributed by atoms with Crippen LogP contribution < -0.4 is 9.62 Å². The molecule has 1 fully saturated rings. The van der Waals surface area contributed by atoms with Crippen LogP contribution in [0.25, 0.3) is 11.1 Å². The van der Waals surface area contributed by atoms with Crippen LogP contribution in [0.2, 0.25) is 0 Å². The van der Waals surface area contributed by atoms with Crippen LogP contribution in [0.4, 0.5) is 19.2 Å². The molecule has 30 heavy (non-hydrogen) atoms. The first-order valence-electron chi connectivity index (χ1n) is 9.47. The molecule has 4 rings (SSSR count). The number of oxazole rings is 1. The van der Waals surface area contributed by atoms with Crippen LogP contribution >= 0.6 is 0 Å². The molecule has 1 saturated heterocycles. The molecule has 3 aromatic rings. The van der Waals surface area contributed by atoms with E-state index in [4.69, 9.17) is 4.42 Å². The van der Waals surface area contributed by atoms with Crippen LogP contribution in [0.15, 0.2) is 52.9 Å². The van der Waals surface area contributed by atoms with Gasteiger partial charge in [0.05, 0.1) is 11.3 Å². The number of anilines is 1. The normalized spacial score (nSPS) is 17.7. The van der Waals surface area contributed by atoms with Gasteiger partial charge < -0.3 is 9.32 Å². The van der Waals surface area contributed by atoms with Gasteiger partial charge >= 0.3 is 6.18 Å². The number of para-hydroxylation sites is 2. The lowest BCUT2D eigenvalue weighted by atomic mass is 10.1. The van der Waals surface area contributed by atoms with Crippen LogP contribution in [0.5, 0.6) is 0 Å². The lowest BCUT2D eigenvalue weighted by Crippen LogP contribution is -2.40. The fourth-order valence-corrected chi connectivity index (χ4v) is 4.75. The number of sulfonamides is 1. The molecule has 0 aliphatic carbocycles. The molecule has 1 aliphatic rings. The Labute approximate surface area is 171 Å². The minimum atomic E-state index is -4.45. The van der Waals surface area contributed by atoms with E-state index in [1.807, 2.05) is 29.2 Å². The summed E-state index contributed by atoms with van der Waals surface area (Å²) < 4.78 is 71.2. The van der Waals surface area contributed by atoms with Crippen molar-refractivity contribution in [2.75, 3.05) is 18.0 Å². The SMILES string of the molecule is O=S(=O)(Cc1ccc(C(F)(F)F)cc1)NCC1CCCN1c1nc2ccccc2o1. The standard InChI is InChI=1S/C20H20F3N3O3S/c21-20(22,23)15-9-7-14(8-10-15)13-30(27,28)24-12-16-4-3-11-26(16)19-25-17-5-1-2-6-18(17)29-19/h1-2,5-10,16,24H,3-4,11-13H2. The first-order chi connectivity index (χ1) is 14.2. The molecule has 0 amide bonds. The maximum atomic E-state index is 12.6. The van der Waals surface area contributed by atoms with Crippen LogP contribution in [-0.2, 0) is 22.0 Å². The topological polar surface area (TPSA) is 75.4 Å². The zero-order valence-electron chi connectivity index (χ0n) is 15.9. The lowest BCUT2D eigenvalue weighted by Gasteiger charge is -2.23. The predicted molar refractivity (Wildman–Crippen MR) is 106 cm³/mol. The van der Waals surface area contributed by atoms with E-state index >= 15 is 0 Å². The summed E-state index contributed by atoms with van der Waals surface area (Å²) in [6.45, 7) is 0.875. The second kappa shape index (κ2) is 7.92. The average Bonchev–Trinajstić information content (AvgIpc) is 3.32. The molecule has 1 atom stereocenters. The van der Waals surface area contributed by atoms with Crippen LogP contribution in [0.3, 0.4) is 0 Å². The molecule has 1 unspecified atom stereocenters. The van der Waals surface area contributed by atoms with Crippen LogP contribution in [0.1, 0.15) is 24.0 Å². The first kappa shape index (κ1) is 20.7. The van der Waals surface area contributed by atoms with E-state index in [0.717, 1.165) is 30.5 Å². The Hall–Kier alpha value is -2.59. The number of fused-ring (bicyclic) bond motifs is 1. The highest BCUT2D eigenvalue weighted by Gasteiger charge is 2.31. The van der Waals surface area contributed by atoms with Gasteiger partial charge in [-0.1, -0.05) is 24.3 Å². The maximum Gasteiger partial charge on any atom is 0.416 e. The van der Waals surface area contributed by atoms with E-state index in [9.17, 15) is 21.6 Å². The molecule has 0 bridgehead atoms. The molecule has 2 heterocycles. The molecule has 0 radical (unpaired) electrons. The fourth-order valence-electron chi connectivity index (χ4n) is 3.57. The molecule has 160 valence electrons. The second-order valence-corrected chi connectivity index (χ2v) is 9.06. The summed E-state index contributed by atoms with van der Waals surface area (Å²) in [4.78, 5) is 6.42. The van der Waals surface area contributed by atoms with Gasteiger partial charge in [0.2, 0.25) is 10.0 Å². The van der Waals surface area contributed by atoms with Gasteiger partial charge in [-0.15, -0.1) is 0 Å². The minimum Gasteiger partial charge on any atom is -0.423 e. The third-order valence-electron chi connectivity index (χ3n) is 5.08. The van der Waals surface area contributed by atoms with E-state index in [1.165, 1.54) is 12.1 Å². The molecule has 0 saturated carbocycles. The van der Waals surface area contributed by atoms with Gasteiger partial charge in [0, 0.05) is 19.1 Å². The fraction of sp³-hybridized carbons (Fsp3) is 0.350. The summed E-state index contributed by atoms with van der Waals surface area (Å²) in [6.07, 6.45) is -2.79. The molecule has 6 nitrogen and oxygen atoms in total. The van der Waals surface area contributed by atoms with Crippen LogP contribution in [0, 0.1) is 0 Å². The van der Waals surface area contributed by atoms with Gasteiger partial charge in [-0.05, 0) is 42.7 Å². The summed E-state index contributed by atoms with van der Waals surface area (Å²) in [7, 11) is -3.71. The first-order valence-corrected chi connectivity index (χ1v) is 11.1. The zero-order chi connectivity index (χ0) is 21.4. The Morgan fingerprint density at radius 2 is 1.87 bits per heavy atom. The number of benzene rings is 2. The van der Waals surface area contributed by atoms with Crippen molar-refractivity contribution in [3.05, 3.63) is 59.7 Å². The number of aromatic nitrogens is 1. The Balaban J connectivity index is 1.40. The van der Waals surface area contributed by atoms with E-state index in [2.05, 4.69) is 9.71 Å². The van der Waals surface area contributed by atoms with Crippen molar-refractivity contribution in [1.82, 2.24) is 9.71 Å². The number of hydrogen-bond acceptors (Lipinski definition) is 5. The Morgan fingerprint density at radius 1 is 1.13 bits per heavy atom. The van der Waals surface area contributed by atoms with Crippen molar-refractivity contribution in [1.29, 1.82) is 0 Å². The number of alkyl halides is 3. The van der Waals surface area contributed by atoms with Gasteiger partial charge in [-0.3, -0.25) is 0 Å². The summed E-state index contributed by atoms with van der Waals surface area (Å²) in [5.41, 5.74) is 0.885. The van der Waals surface area contributed by atoms with E-state index in [0.29, 0.717) is 18.1 Å². The van der Waals surface area contributed by atoms with Gasteiger partial charge in [0.1, 0.15) is 5.52 Å². The quantitative estimate of drug-likeness (QED) is 0.630. The summed E-state index contributed by atoms with van der Waals surface area (Å²) in [6, 6.07) is 11.9. The second-order valence-electron chi connectivity index (χ2n) is 7.26. The van der Waals surface area contributed by atoms with E-state index in [-0.39, 0.29) is 23.9 Å². The van der Waals surface area contributed by atoms with Crippen molar-refractivity contribution in [3.63, 3.8) is 0 Å². The monoisotopic (exact) mass is 439 g/mol. The molecular formula is C20H20F3N3O3S. The van der Waals surface area contributed by atoms with Crippen molar-refractivity contribution in [2.24, 2.45) is 0 Å². The van der Waals surface area contributed by atoms with Crippen LogP contribution in [-0.4, -0.2) is 32.5 Å². The average molecular weight is 439 g/mol. The molecule has 0 spiro atoms. The zero-order valence-corrected chi connectivity index (χ0v) is 16.7. The largest absolute Gasteiger partial charge is 0.423 e. The Kier molecular flexibility index (Phi) is 5.46. The van der Waals surface area contributed by atoms with E-state index < -0.39 is 21.8 Å². The van der Waals surface area contributed by atoms with E-state index in [1.54, 1.807) is 0 Å². The summed E-state index contributed by atoms with van der Waals surface area (Å²) >= 11 is 0. The number of hydrogen-bond donors (Lipinski definition) is 1. The molecule has 1 aliphatic heterocycles. The number of nitrogens with zero attached hydrogens (tertiary/aromatic N) is 2. The summed E-state index contributed by atoms with van der Waals surface area (Å²) in [5.74, 6) is -0.388. The third-order valence-corrected chi connectivity index (χ3v) is 6.40. The summed E-state index contributed by atoms with van der Waals surface area (Å²) in [5, 5.41) is 0. The highest BCUT2D eigenvalue weighted by atomic mass is 32.2. The van der Waals surface area contributed by atoms with Gasteiger partial charge in [0.25, 0.3) is 6.01 Å². The smallest absolute Gasteiger partial charge is 0.416 e. The number of rotatable bonds is 6. The van der Waals surface area contributed by atoms with Crippen molar-refractivity contribution in [2.45, 2.75) is 30.8 Å². The number of halogens is 3. The molecule has 1 N–H and O–H groups in total. The molecule has 2 aromatic carbocycles. The van der Waals surface area contributed by atoms with Crippen molar-refractivity contribution >= 4 is 27.1 Å². The molecular weight excluding hydrogens is 419 g/mol. The lowest BCUT2D eigenvalue weighted by molar-refractivity contribution is -0.137. The molecule has 1 aromatic heterocycles. The number of nitrogens with one attached hydrogen (secondary N) is 1. The Bertz CT molecular complexity index is 1090. The van der Waals surface area contributed by atoms with Gasteiger partial charge in [0.15, 0.2) is 5.58 Å². The van der Waals surface area contributed by atoms with Gasteiger partial charge in [-0.2, -0.15) is 18.2 Å². The van der Waals surface area contributed by atoms with Crippen molar-refractivity contribution < 1.29 is 26.0 Å². The highest BCUT2D eigenvalue weighted by molar-refractivity contribution is 7.88. The minimum absolute atomic E-state index is 0.111. The van der Waals surface area contributed by atoms with Crippen molar-refractivity contribution in [3.8, 4) is 0 Å². The molecule has 10 heteroatoms. The predicted octanol–water partition coefficient (Wildman–Crippen LogP) is 3.94. The highest BCUT2D eigenvalue weighted by Crippen LogP contribution is 2.30. The van der Waals surface area contributed by atoms with Gasteiger partial charge in [-0.25, -0.2) is 13.1 Å².